The summed E-state index contributed by atoms with van der Waals surface area (Å²) in [5.74, 6) is 0.915. The Hall–Kier alpha value is -2.29. The highest BCUT2D eigenvalue weighted by Crippen LogP contribution is 2.37. The maximum absolute atomic E-state index is 6.08. The molecule has 1 aliphatic rings. The van der Waals surface area contributed by atoms with Crippen LogP contribution >= 0.6 is 23.2 Å². The first-order valence-electron chi connectivity index (χ1n) is 8.94. The van der Waals surface area contributed by atoms with Crippen molar-refractivity contribution in [3.63, 3.8) is 0 Å². The van der Waals surface area contributed by atoms with E-state index in [0.717, 1.165) is 32.6 Å². The lowest BCUT2D eigenvalue weighted by Crippen LogP contribution is -2.25. The van der Waals surface area contributed by atoms with Crippen LogP contribution in [0.25, 0.3) is 0 Å². The van der Waals surface area contributed by atoms with Gasteiger partial charge in [-0.25, -0.2) is 0 Å². The molecule has 1 heterocycles. The number of nitrogens with zero attached hydrogens (tertiary/aromatic N) is 1. The van der Waals surface area contributed by atoms with Crippen molar-refractivity contribution in [1.29, 1.82) is 0 Å². The van der Waals surface area contributed by atoms with Crippen LogP contribution in [0.3, 0.4) is 0 Å². The highest BCUT2D eigenvalue weighted by Gasteiger charge is 2.31. The fourth-order valence-corrected chi connectivity index (χ4v) is 3.64. The number of benzene rings is 3. The molecule has 136 valence electrons. The van der Waals surface area contributed by atoms with Crippen molar-refractivity contribution in [2.45, 2.75) is 25.9 Å². The van der Waals surface area contributed by atoms with Gasteiger partial charge in [0.2, 0.25) is 0 Å². The summed E-state index contributed by atoms with van der Waals surface area (Å²) in [6, 6.07) is 22.3. The van der Waals surface area contributed by atoms with Crippen LogP contribution in [0.5, 0.6) is 0 Å². The van der Waals surface area contributed by atoms with E-state index in [0.29, 0.717) is 0 Å². The van der Waals surface area contributed by atoms with Gasteiger partial charge in [0.25, 0.3) is 0 Å². The average Bonchev–Trinajstić information content (AvgIpc) is 3.10. The van der Waals surface area contributed by atoms with Gasteiger partial charge in [-0.2, -0.15) is 0 Å². The molecule has 0 aliphatic carbocycles. The van der Waals surface area contributed by atoms with Gasteiger partial charge in [0.1, 0.15) is 11.9 Å². The monoisotopic (exact) mass is 394 g/mol. The lowest BCUT2D eigenvalue weighted by molar-refractivity contribution is 0.572. The predicted molar refractivity (Wildman–Crippen MR) is 114 cm³/mol. The third-order valence-corrected chi connectivity index (χ3v) is 5.60. The zero-order valence-corrected chi connectivity index (χ0v) is 16.7. The summed E-state index contributed by atoms with van der Waals surface area (Å²) in [5.41, 5.74) is 5.93. The van der Waals surface area contributed by atoms with Crippen molar-refractivity contribution < 1.29 is 0 Å². The van der Waals surface area contributed by atoms with Gasteiger partial charge in [0, 0.05) is 15.6 Å². The van der Waals surface area contributed by atoms with Crippen LogP contribution in [0.4, 0.5) is 0 Å². The van der Waals surface area contributed by atoms with Gasteiger partial charge in [-0.15, -0.1) is 0 Å². The van der Waals surface area contributed by atoms with Crippen LogP contribution in [-0.4, -0.2) is 5.84 Å². The Morgan fingerprint density at radius 2 is 1.33 bits per heavy atom. The summed E-state index contributed by atoms with van der Waals surface area (Å²) in [5, 5.41) is 5.09. The average molecular weight is 395 g/mol. The van der Waals surface area contributed by atoms with Gasteiger partial charge in [-0.1, -0.05) is 59.6 Å². The molecule has 0 saturated carbocycles. The molecule has 27 heavy (non-hydrogen) atoms. The van der Waals surface area contributed by atoms with Crippen LogP contribution in [0.2, 0.25) is 10.0 Å². The van der Waals surface area contributed by atoms with Gasteiger partial charge in [-0.3, -0.25) is 4.99 Å². The molecular formula is C23H20Cl2N2. The van der Waals surface area contributed by atoms with E-state index in [1.54, 1.807) is 0 Å². The van der Waals surface area contributed by atoms with E-state index in [1.165, 1.54) is 11.1 Å². The molecule has 0 radical (unpaired) electrons. The van der Waals surface area contributed by atoms with E-state index < -0.39 is 0 Å². The lowest BCUT2D eigenvalue weighted by atomic mass is 9.95. The Balaban J connectivity index is 1.75. The summed E-state index contributed by atoms with van der Waals surface area (Å²) < 4.78 is 0. The molecule has 2 unspecified atom stereocenters. The highest BCUT2D eigenvalue weighted by molar-refractivity contribution is 6.30. The predicted octanol–water partition coefficient (Wildman–Crippen LogP) is 6.44. The summed E-state index contributed by atoms with van der Waals surface area (Å²) >= 11 is 12.2. The minimum absolute atomic E-state index is 0.0277. The van der Waals surface area contributed by atoms with Crippen molar-refractivity contribution in [2.75, 3.05) is 0 Å². The number of rotatable bonds is 3. The van der Waals surface area contributed by atoms with Crippen LogP contribution in [0.15, 0.2) is 71.7 Å². The zero-order chi connectivity index (χ0) is 19.0. The van der Waals surface area contributed by atoms with Crippen LogP contribution < -0.4 is 5.32 Å². The number of nitrogens with one attached hydrogen (secondary N) is 1. The summed E-state index contributed by atoms with van der Waals surface area (Å²) in [7, 11) is 0. The molecule has 0 amide bonds. The van der Waals surface area contributed by atoms with E-state index >= 15 is 0 Å². The summed E-state index contributed by atoms with van der Waals surface area (Å²) in [6.45, 7) is 4.25. The van der Waals surface area contributed by atoms with Crippen LogP contribution in [-0.2, 0) is 0 Å². The fraction of sp³-hybridized carbons (Fsp3) is 0.174. The fourth-order valence-electron chi connectivity index (χ4n) is 3.39. The minimum atomic E-state index is -0.0277. The molecule has 4 rings (SSSR count). The standard InChI is InChI=1S/C23H20Cl2N2/c1-14-3-4-18(13-15(14)2)23-26-21(16-5-9-19(24)10-6-16)22(27-23)17-7-11-20(25)12-8-17/h3-13,21-22H,1-2H3,(H,26,27). The Labute approximate surface area is 169 Å². The van der Waals surface area contributed by atoms with Crippen molar-refractivity contribution in [3.8, 4) is 0 Å². The Morgan fingerprint density at radius 3 is 1.93 bits per heavy atom. The zero-order valence-electron chi connectivity index (χ0n) is 15.2. The van der Waals surface area contributed by atoms with Crippen LogP contribution in [0.1, 0.15) is 39.9 Å². The molecular weight excluding hydrogens is 375 g/mol. The Morgan fingerprint density at radius 1 is 0.741 bits per heavy atom. The maximum Gasteiger partial charge on any atom is 0.129 e. The molecule has 0 spiro atoms. The van der Waals surface area contributed by atoms with Gasteiger partial charge < -0.3 is 5.32 Å². The number of aryl methyl sites for hydroxylation is 2. The molecule has 0 aromatic heterocycles. The third kappa shape index (κ3) is 3.73. The van der Waals surface area contributed by atoms with Crippen molar-refractivity contribution in [3.05, 3.63) is 105 Å². The first-order valence-corrected chi connectivity index (χ1v) is 9.70. The molecule has 4 heteroatoms. The van der Waals surface area contributed by atoms with Gasteiger partial charge in [0.15, 0.2) is 0 Å². The van der Waals surface area contributed by atoms with E-state index in [-0.39, 0.29) is 12.1 Å². The van der Waals surface area contributed by atoms with Crippen molar-refractivity contribution in [1.82, 2.24) is 5.32 Å². The van der Waals surface area contributed by atoms with Crippen molar-refractivity contribution >= 4 is 29.0 Å². The smallest absolute Gasteiger partial charge is 0.129 e. The molecule has 1 N–H and O–H groups in total. The maximum atomic E-state index is 6.08. The first kappa shape index (κ1) is 18.1. The van der Waals surface area contributed by atoms with E-state index in [9.17, 15) is 0 Å². The highest BCUT2D eigenvalue weighted by atomic mass is 35.5. The molecule has 1 aliphatic heterocycles. The Bertz CT molecular complexity index is 992. The number of halogens is 2. The molecule has 2 atom stereocenters. The summed E-state index contributed by atoms with van der Waals surface area (Å²) in [4.78, 5) is 5.04. The molecule has 0 bridgehead atoms. The third-order valence-electron chi connectivity index (χ3n) is 5.10. The number of amidine groups is 1. The molecule has 0 saturated heterocycles. The van der Waals surface area contributed by atoms with E-state index in [2.05, 4.69) is 49.5 Å². The first-order chi connectivity index (χ1) is 13.0. The van der Waals surface area contributed by atoms with Gasteiger partial charge in [-0.05, 0) is 66.4 Å². The van der Waals surface area contributed by atoms with Gasteiger partial charge in [0.05, 0.1) is 6.04 Å². The van der Waals surface area contributed by atoms with Gasteiger partial charge >= 0.3 is 0 Å². The normalized spacial score (nSPS) is 18.9. The lowest BCUT2D eigenvalue weighted by Gasteiger charge is -2.20. The second kappa shape index (κ2) is 7.38. The number of hydrogen-bond acceptors (Lipinski definition) is 2. The topological polar surface area (TPSA) is 24.4 Å². The minimum Gasteiger partial charge on any atom is -0.361 e. The second-order valence-electron chi connectivity index (χ2n) is 6.95. The number of aliphatic imine (C=N–C) groups is 1. The molecule has 3 aromatic rings. The molecule has 2 nitrogen and oxygen atoms in total. The van der Waals surface area contributed by atoms with E-state index in [4.69, 9.17) is 28.2 Å². The number of hydrogen-bond donors (Lipinski definition) is 1. The molecule has 3 aromatic carbocycles. The Kier molecular flexibility index (Phi) is 4.94. The van der Waals surface area contributed by atoms with E-state index in [1.807, 2.05) is 36.4 Å². The molecule has 0 fully saturated rings. The SMILES string of the molecule is Cc1ccc(C2=NC(c3ccc(Cl)cc3)C(c3ccc(Cl)cc3)N2)cc1C. The second-order valence-corrected chi connectivity index (χ2v) is 7.82. The van der Waals surface area contributed by atoms with Crippen LogP contribution in [0, 0.1) is 13.8 Å². The summed E-state index contributed by atoms with van der Waals surface area (Å²) in [6.07, 6.45) is 0. The quantitative estimate of drug-likeness (QED) is 0.542. The van der Waals surface area contributed by atoms with Crippen molar-refractivity contribution in [2.24, 2.45) is 4.99 Å². The largest absolute Gasteiger partial charge is 0.361 e.